The molecule has 0 saturated carbocycles. The number of carbonyl (C=O) groups is 6. The first-order chi connectivity index (χ1) is 22.2. The summed E-state index contributed by atoms with van der Waals surface area (Å²) in [5.74, 6) is -6.63. The summed E-state index contributed by atoms with van der Waals surface area (Å²) in [7, 11) is 0. The molecule has 0 atom stereocenters. The highest BCUT2D eigenvalue weighted by atomic mass is 16.6. The SMILES string of the molecule is Cc1cc(C(=O)OCCOC(=O)c2cc(C(=O)OCCOC(=O)c3ccc(C(O)O)c(C(O)O)c3)ccc2C(=O)O)ccc1C(=O)O. The van der Waals surface area contributed by atoms with Crippen LogP contribution in [0.2, 0.25) is 0 Å². The molecule has 0 spiro atoms. The van der Waals surface area contributed by atoms with E-state index < -0.39 is 86.0 Å². The Kier molecular flexibility index (Phi) is 12.2. The lowest BCUT2D eigenvalue weighted by Crippen LogP contribution is -2.18. The number of aryl methyl sites for hydroxylation is 1. The van der Waals surface area contributed by atoms with E-state index in [1.54, 1.807) is 0 Å². The summed E-state index contributed by atoms with van der Waals surface area (Å²) in [6, 6.07) is 9.97. The zero-order chi connectivity index (χ0) is 34.8. The third kappa shape index (κ3) is 9.41. The molecule has 0 amide bonds. The second-order valence-corrected chi connectivity index (χ2v) is 9.54. The van der Waals surface area contributed by atoms with Crippen LogP contribution in [0.3, 0.4) is 0 Å². The summed E-state index contributed by atoms with van der Waals surface area (Å²) >= 11 is 0. The molecule has 3 aromatic carbocycles. The van der Waals surface area contributed by atoms with Crippen LogP contribution in [0.1, 0.15) is 91.4 Å². The number of aromatic carboxylic acids is 2. The number of carboxylic acid groups (broad SMARTS) is 2. The predicted molar refractivity (Wildman–Crippen MR) is 153 cm³/mol. The number of carboxylic acids is 2. The van der Waals surface area contributed by atoms with Gasteiger partial charge in [0.1, 0.15) is 26.4 Å². The van der Waals surface area contributed by atoms with E-state index >= 15 is 0 Å². The summed E-state index contributed by atoms with van der Waals surface area (Å²) in [5.41, 5.74) is -1.64. The number of ether oxygens (including phenoxy) is 4. The van der Waals surface area contributed by atoms with Crippen molar-refractivity contribution in [3.05, 3.63) is 105 Å². The van der Waals surface area contributed by atoms with Gasteiger partial charge in [-0.2, -0.15) is 0 Å². The fourth-order valence-electron chi connectivity index (χ4n) is 4.08. The van der Waals surface area contributed by atoms with Gasteiger partial charge in [0.15, 0.2) is 12.6 Å². The molecule has 0 saturated heterocycles. The Morgan fingerprint density at radius 1 is 0.511 bits per heavy atom. The molecule has 3 rings (SSSR count). The van der Waals surface area contributed by atoms with E-state index in [9.17, 15) is 54.3 Å². The van der Waals surface area contributed by atoms with E-state index in [0.29, 0.717) is 5.56 Å². The van der Waals surface area contributed by atoms with Crippen LogP contribution in [0.5, 0.6) is 0 Å². The number of hydrogen-bond acceptors (Lipinski definition) is 14. The van der Waals surface area contributed by atoms with Crippen LogP contribution < -0.4 is 0 Å². The number of rotatable bonds is 14. The molecular weight excluding hydrogens is 628 g/mol. The van der Waals surface area contributed by atoms with Gasteiger partial charge in [-0.1, -0.05) is 6.07 Å². The first kappa shape index (κ1) is 35.8. The molecule has 0 heterocycles. The summed E-state index contributed by atoms with van der Waals surface area (Å²) in [4.78, 5) is 72.5. The quantitative estimate of drug-likeness (QED) is 0.0619. The van der Waals surface area contributed by atoms with Gasteiger partial charge in [-0.25, -0.2) is 28.8 Å². The molecule has 0 radical (unpaired) electrons. The van der Waals surface area contributed by atoms with E-state index in [2.05, 4.69) is 0 Å². The fraction of sp³-hybridized carbons (Fsp3) is 0.226. The lowest BCUT2D eigenvalue weighted by molar-refractivity contribution is -0.0635. The molecular formula is C31H28O16. The van der Waals surface area contributed by atoms with Crippen molar-refractivity contribution in [3.8, 4) is 0 Å². The number of carbonyl (C=O) groups excluding carboxylic acids is 4. The molecule has 47 heavy (non-hydrogen) atoms. The molecule has 0 aliphatic rings. The van der Waals surface area contributed by atoms with Crippen molar-refractivity contribution < 1.29 is 78.4 Å². The van der Waals surface area contributed by atoms with Crippen molar-refractivity contribution >= 4 is 35.8 Å². The maximum Gasteiger partial charge on any atom is 0.339 e. The fourth-order valence-corrected chi connectivity index (χ4v) is 4.08. The first-order valence-electron chi connectivity index (χ1n) is 13.5. The molecule has 0 aliphatic carbocycles. The third-order valence-corrected chi connectivity index (χ3v) is 6.38. The monoisotopic (exact) mass is 656 g/mol. The van der Waals surface area contributed by atoms with E-state index in [1.807, 2.05) is 0 Å². The minimum atomic E-state index is -2.12. The predicted octanol–water partition coefficient (Wildman–Crippen LogP) is 1.39. The van der Waals surface area contributed by atoms with Crippen molar-refractivity contribution in [2.75, 3.05) is 26.4 Å². The molecule has 0 aromatic heterocycles. The van der Waals surface area contributed by atoms with Crippen LogP contribution >= 0.6 is 0 Å². The Balaban J connectivity index is 1.55. The van der Waals surface area contributed by atoms with Gasteiger partial charge in [0.05, 0.1) is 33.4 Å². The zero-order valence-corrected chi connectivity index (χ0v) is 24.4. The van der Waals surface area contributed by atoms with Gasteiger partial charge < -0.3 is 49.6 Å². The van der Waals surface area contributed by atoms with E-state index in [-0.39, 0.29) is 33.4 Å². The maximum absolute atomic E-state index is 12.6. The molecule has 16 heteroatoms. The largest absolute Gasteiger partial charge is 0.478 e. The van der Waals surface area contributed by atoms with Crippen molar-refractivity contribution in [2.24, 2.45) is 0 Å². The summed E-state index contributed by atoms with van der Waals surface area (Å²) < 4.78 is 20.0. The van der Waals surface area contributed by atoms with Crippen molar-refractivity contribution in [1.82, 2.24) is 0 Å². The maximum atomic E-state index is 12.6. The summed E-state index contributed by atoms with van der Waals surface area (Å²) in [6.45, 7) is -0.355. The highest BCUT2D eigenvalue weighted by Gasteiger charge is 2.22. The number of aliphatic hydroxyl groups excluding tert-OH is 2. The molecule has 0 bridgehead atoms. The van der Waals surface area contributed by atoms with Gasteiger partial charge in [-0.3, -0.25) is 0 Å². The lowest BCUT2D eigenvalue weighted by atomic mass is 10.0. The lowest BCUT2D eigenvalue weighted by Gasteiger charge is -2.14. The number of esters is 4. The second-order valence-electron chi connectivity index (χ2n) is 9.54. The van der Waals surface area contributed by atoms with Crippen molar-refractivity contribution in [2.45, 2.75) is 19.5 Å². The second kappa shape index (κ2) is 16.1. The van der Waals surface area contributed by atoms with Crippen molar-refractivity contribution in [1.29, 1.82) is 0 Å². The van der Waals surface area contributed by atoms with Crippen LogP contribution in [0.4, 0.5) is 0 Å². The van der Waals surface area contributed by atoms with Crippen LogP contribution in [-0.2, 0) is 18.9 Å². The standard InChI is InChI=1S/C31H28O16/c1-15-12-16(2-5-19(15)24(32)33)28(40)44-10-11-47-31(43)23-14-18(4-7-21(23)26(36)37)30(42)46-9-8-45-29(41)17-3-6-20(25(34)35)22(13-17)27(38)39/h2-7,12-14,25,27,34-35,38-39H,8-11H2,1H3,(H,32,33)(H,36,37). The first-order valence-corrected chi connectivity index (χ1v) is 13.5. The number of benzene rings is 3. The summed E-state index contributed by atoms with van der Waals surface area (Å²) in [5, 5.41) is 56.0. The Bertz CT molecular complexity index is 1690. The van der Waals surface area contributed by atoms with Crippen LogP contribution in [-0.4, -0.2) is 92.9 Å². The normalized spacial score (nSPS) is 10.8. The Hall–Kier alpha value is -5.68. The van der Waals surface area contributed by atoms with Gasteiger partial charge in [-0.15, -0.1) is 0 Å². The van der Waals surface area contributed by atoms with Gasteiger partial charge in [0, 0.05) is 11.1 Å². The molecule has 248 valence electrons. The van der Waals surface area contributed by atoms with Crippen molar-refractivity contribution in [3.63, 3.8) is 0 Å². The third-order valence-electron chi connectivity index (χ3n) is 6.38. The highest BCUT2D eigenvalue weighted by Crippen LogP contribution is 2.23. The molecule has 3 aromatic rings. The van der Waals surface area contributed by atoms with Crippen LogP contribution in [0.25, 0.3) is 0 Å². The highest BCUT2D eigenvalue weighted by molar-refractivity contribution is 6.04. The average Bonchev–Trinajstić information content (AvgIpc) is 3.03. The smallest absolute Gasteiger partial charge is 0.339 e. The number of hydrogen-bond donors (Lipinski definition) is 6. The summed E-state index contributed by atoms with van der Waals surface area (Å²) in [6.07, 6.45) is -4.15. The van der Waals surface area contributed by atoms with Crippen LogP contribution in [0, 0.1) is 6.92 Å². The zero-order valence-electron chi connectivity index (χ0n) is 24.4. The Morgan fingerprint density at radius 3 is 1.36 bits per heavy atom. The van der Waals surface area contributed by atoms with Gasteiger partial charge >= 0.3 is 35.8 Å². The molecule has 6 N–H and O–H groups in total. The topological polar surface area (TPSA) is 261 Å². The Morgan fingerprint density at radius 2 is 0.915 bits per heavy atom. The molecule has 0 fully saturated rings. The minimum Gasteiger partial charge on any atom is -0.478 e. The Labute approximate surface area is 264 Å². The van der Waals surface area contributed by atoms with E-state index in [1.165, 1.54) is 25.1 Å². The van der Waals surface area contributed by atoms with E-state index in [0.717, 1.165) is 36.4 Å². The minimum absolute atomic E-state index is 0.00354. The van der Waals surface area contributed by atoms with Gasteiger partial charge in [0.25, 0.3) is 0 Å². The van der Waals surface area contributed by atoms with Gasteiger partial charge in [0.2, 0.25) is 0 Å². The van der Waals surface area contributed by atoms with E-state index in [4.69, 9.17) is 24.1 Å². The molecule has 16 nitrogen and oxygen atoms in total. The molecule has 0 aliphatic heterocycles. The van der Waals surface area contributed by atoms with Gasteiger partial charge in [-0.05, 0) is 61.0 Å². The van der Waals surface area contributed by atoms with Crippen LogP contribution in [0.15, 0.2) is 54.6 Å². The molecule has 0 unspecified atom stereocenters. The number of aliphatic hydroxyl groups is 4. The average molecular weight is 657 g/mol.